The molecule has 10 heteroatoms. The fourth-order valence-electron chi connectivity index (χ4n) is 2.11. The van der Waals surface area contributed by atoms with E-state index < -0.39 is 42.8 Å². The normalized spacial score (nSPS) is 35.4. The van der Waals surface area contributed by atoms with Gasteiger partial charge < -0.3 is 35.8 Å². The second-order valence-corrected chi connectivity index (χ2v) is 4.73. The van der Waals surface area contributed by atoms with E-state index in [1.54, 1.807) is 6.92 Å². The van der Waals surface area contributed by atoms with Gasteiger partial charge in [0, 0.05) is 20.1 Å². The molecule has 0 saturated carbocycles. The monoisotopic (exact) mass is 324 g/mol. The van der Waals surface area contributed by atoms with Gasteiger partial charge in [0.15, 0.2) is 0 Å². The maximum Gasteiger partial charge on any atom is 0.336 e. The van der Waals surface area contributed by atoms with Crippen LogP contribution >= 0.6 is 0 Å². The van der Waals surface area contributed by atoms with Crippen LogP contribution < -0.4 is 11.1 Å². The van der Waals surface area contributed by atoms with Gasteiger partial charge in [-0.3, -0.25) is 4.79 Å². The molecule has 1 amide bonds. The molecule has 1 fully saturated rings. The molecule has 0 aromatic rings. The topological polar surface area (TPSA) is 153 Å². The van der Waals surface area contributed by atoms with Gasteiger partial charge in [-0.25, -0.2) is 4.89 Å². The predicted octanol–water partition coefficient (Wildman–Crippen LogP) is -2.80. The molecule has 1 saturated heterocycles. The Hall–Kier alpha value is -0.850. The summed E-state index contributed by atoms with van der Waals surface area (Å²) < 4.78 is 10.8. The van der Waals surface area contributed by atoms with Gasteiger partial charge in [0.25, 0.3) is 0 Å². The van der Waals surface area contributed by atoms with Gasteiger partial charge >= 0.3 is 5.97 Å². The molecule has 0 aromatic carbocycles. The Labute approximate surface area is 128 Å². The lowest BCUT2D eigenvalue weighted by molar-refractivity contribution is -0.536. The minimum atomic E-state index is -2.03. The van der Waals surface area contributed by atoms with Crippen LogP contribution in [0.5, 0.6) is 0 Å². The Bertz CT molecular complexity index is 358. The van der Waals surface area contributed by atoms with E-state index in [2.05, 4.69) is 5.32 Å². The third kappa shape index (κ3) is 4.33. The first-order valence-electron chi connectivity index (χ1n) is 6.98. The van der Waals surface area contributed by atoms with Crippen LogP contribution in [0.3, 0.4) is 0 Å². The molecule has 5 atom stereocenters. The van der Waals surface area contributed by atoms with Crippen molar-refractivity contribution in [3.8, 4) is 0 Å². The van der Waals surface area contributed by atoms with Crippen LogP contribution in [0.2, 0.25) is 0 Å². The largest absolute Gasteiger partial charge is 0.394 e. The van der Waals surface area contributed by atoms with Crippen molar-refractivity contribution >= 4 is 5.91 Å². The standard InChI is InChI=1S/C12H24N2O8/c1-3-19-12(22-20-5-4-13)11(14-7(2)16)10(18)9(17)8(6-15)21-12/h8-11,15,17-18H,3-6,13H2,1-2H3,(H,14,16)/t8-,9+,10+,11-,12?/m1/s1. The van der Waals surface area contributed by atoms with E-state index in [1.807, 2.05) is 0 Å². The first-order valence-corrected chi connectivity index (χ1v) is 6.98. The van der Waals surface area contributed by atoms with E-state index >= 15 is 0 Å². The predicted molar refractivity (Wildman–Crippen MR) is 72.0 cm³/mol. The molecule has 6 N–H and O–H groups in total. The zero-order valence-corrected chi connectivity index (χ0v) is 12.6. The van der Waals surface area contributed by atoms with Crippen molar-refractivity contribution < 1.29 is 39.4 Å². The number of aliphatic hydroxyl groups is 3. The molecule has 0 aromatic heterocycles. The fourth-order valence-corrected chi connectivity index (χ4v) is 2.11. The van der Waals surface area contributed by atoms with Gasteiger partial charge in [-0.15, -0.1) is 0 Å². The van der Waals surface area contributed by atoms with Crippen molar-refractivity contribution in [3.05, 3.63) is 0 Å². The molecule has 0 bridgehead atoms. The molecule has 1 aliphatic heterocycles. The smallest absolute Gasteiger partial charge is 0.336 e. The van der Waals surface area contributed by atoms with Crippen LogP contribution in [-0.2, 0) is 24.0 Å². The molecule has 1 aliphatic rings. The van der Waals surface area contributed by atoms with Crippen LogP contribution in [0, 0.1) is 0 Å². The average molecular weight is 324 g/mol. The van der Waals surface area contributed by atoms with Gasteiger partial charge in [0.1, 0.15) is 24.4 Å². The van der Waals surface area contributed by atoms with Gasteiger partial charge in [0.2, 0.25) is 5.91 Å². The molecule has 1 heterocycles. The van der Waals surface area contributed by atoms with E-state index in [4.69, 9.17) is 25.0 Å². The summed E-state index contributed by atoms with van der Waals surface area (Å²) >= 11 is 0. The first-order chi connectivity index (χ1) is 10.4. The number of rotatable bonds is 8. The van der Waals surface area contributed by atoms with E-state index in [0.29, 0.717) is 0 Å². The SMILES string of the molecule is CCOC1(OOCCN)O[C@H](CO)[C@H](O)[C@H](O)[C@H]1NC(C)=O. The maximum atomic E-state index is 11.4. The molecule has 1 rings (SSSR count). The maximum absolute atomic E-state index is 11.4. The summed E-state index contributed by atoms with van der Waals surface area (Å²) in [6, 6.07) is -1.28. The number of hydrogen-bond acceptors (Lipinski definition) is 9. The Balaban J connectivity index is 3.07. The van der Waals surface area contributed by atoms with E-state index in [-0.39, 0.29) is 19.8 Å². The highest BCUT2D eigenvalue weighted by Gasteiger charge is 2.58. The molecule has 0 aliphatic carbocycles. The van der Waals surface area contributed by atoms with Gasteiger partial charge in [-0.2, -0.15) is 4.89 Å². The molecule has 1 unspecified atom stereocenters. The number of ether oxygens (including phenoxy) is 2. The molecular weight excluding hydrogens is 300 g/mol. The zero-order valence-electron chi connectivity index (χ0n) is 12.6. The number of nitrogens with two attached hydrogens (primary N) is 1. The summed E-state index contributed by atoms with van der Waals surface area (Å²) in [5, 5.41) is 31.8. The molecule has 22 heavy (non-hydrogen) atoms. The Morgan fingerprint density at radius 1 is 1.41 bits per heavy atom. The fraction of sp³-hybridized carbons (Fsp3) is 0.917. The number of carbonyl (C=O) groups excluding carboxylic acids is 1. The van der Waals surface area contributed by atoms with Crippen molar-refractivity contribution in [2.24, 2.45) is 5.73 Å². The lowest BCUT2D eigenvalue weighted by Crippen LogP contribution is -2.71. The van der Waals surface area contributed by atoms with Gasteiger partial charge in [-0.1, -0.05) is 0 Å². The van der Waals surface area contributed by atoms with Crippen LogP contribution in [0.4, 0.5) is 0 Å². The van der Waals surface area contributed by atoms with Crippen molar-refractivity contribution in [2.75, 3.05) is 26.4 Å². The molecule has 0 spiro atoms. The van der Waals surface area contributed by atoms with Crippen LogP contribution in [0.1, 0.15) is 13.8 Å². The summed E-state index contributed by atoms with van der Waals surface area (Å²) in [6.07, 6.45) is -4.15. The summed E-state index contributed by atoms with van der Waals surface area (Å²) in [4.78, 5) is 21.3. The molecular formula is C12H24N2O8. The Morgan fingerprint density at radius 3 is 2.59 bits per heavy atom. The van der Waals surface area contributed by atoms with Gasteiger partial charge in [0.05, 0.1) is 13.2 Å². The summed E-state index contributed by atoms with van der Waals surface area (Å²) in [6.45, 7) is 2.50. The summed E-state index contributed by atoms with van der Waals surface area (Å²) in [5.41, 5.74) is 5.29. The minimum absolute atomic E-state index is 0.00736. The minimum Gasteiger partial charge on any atom is -0.394 e. The highest BCUT2D eigenvalue weighted by Crippen LogP contribution is 2.32. The third-order valence-corrected chi connectivity index (χ3v) is 3.03. The van der Waals surface area contributed by atoms with Crippen LogP contribution in [0.15, 0.2) is 0 Å². The van der Waals surface area contributed by atoms with Gasteiger partial charge in [-0.05, 0) is 6.92 Å². The number of carbonyl (C=O) groups is 1. The number of nitrogens with one attached hydrogen (secondary N) is 1. The summed E-state index contributed by atoms with van der Waals surface area (Å²) in [5.74, 6) is -2.53. The number of hydrogen-bond donors (Lipinski definition) is 5. The third-order valence-electron chi connectivity index (χ3n) is 3.03. The highest BCUT2D eigenvalue weighted by atomic mass is 17.3. The lowest BCUT2D eigenvalue weighted by atomic mass is 9.95. The van der Waals surface area contributed by atoms with E-state index in [9.17, 15) is 20.1 Å². The van der Waals surface area contributed by atoms with Crippen LogP contribution in [0.25, 0.3) is 0 Å². The Morgan fingerprint density at radius 2 is 2.09 bits per heavy atom. The van der Waals surface area contributed by atoms with Crippen LogP contribution in [-0.4, -0.2) is 77.9 Å². The summed E-state index contributed by atoms with van der Waals surface area (Å²) in [7, 11) is 0. The first kappa shape index (κ1) is 19.2. The molecule has 130 valence electrons. The average Bonchev–Trinajstić information content (AvgIpc) is 2.47. The highest BCUT2D eigenvalue weighted by molar-refractivity contribution is 5.73. The van der Waals surface area contributed by atoms with Crippen molar-refractivity contribution in [3.63, 3.8) is 0 Å². The number of amides is 1. The van der Waals surface area contributed by atoms with Crippen molar-refractivity contribution in [2.45, 2.75) is 44.2 Å². The number of aliphatic hydroxyl groups excluding tert-OH is 3. The van der Waals surface area contributed by atoms with E-state index in [0.717, 1.165) is 0 Å². The second kappa shape index (κ2) is 8.70. The quantitative estimate of drug-likeness (QED) is 0.138. The Kier molecular flexibility index (Phi) is 7.59. The molecule has 10 nitrogen and oxygen atoms in total. The second-order valence-electron chi connectivity index (χ2n) is 4.73. The van der Waals surface area contributed by atoms with E-state index in [1.165, 1.54) is 6.92 Å². The van der Waals surface area contributed by atoms with Crippen molar-refractivity contribution in [1.29, 1.82) is 0 Å². The zero-order chi connectivity index (χ0) is 16.8. The molecule has 0 radical (unpaired) electrons. The lowest BCUT2D eigenvalue weighted by Gasteiger charge is -2.47. The van der Waals surface area contributed by atoms with Crippen molar-refractivity contribution in [1.82, 2.24) is 5.32 Å².